The Hall–Kier alpha value is -1.42. The maximum Gasteiger partial charge on any atom is 0.220 e. The predicted molar refractivity (Wildman–Crippen MR) is 73.2 cm³/mol. The first-order valence-electron chi connectivity index (χ1n) is 6.52. The summed E-state index contributed by atoms with van der Waals surface area (Å²) in [7, 11) is 0. The Labute approximate surface area is 109 Å². The van der Waals surface area contributed by atoms with Crippen LogP contribution >= 0.6 is 0 Å². The normalized spacial score (nSPS) is 12.4. The number of rotatable bonds is 7. The molecule has 1 atom stereocenters. The first-order chi connectivity index (χ1) is 8.59. The van der Waals surface area contributed by atoms with Crippen molar-refractivity contribution in [1.29, 1.82) is 0 Å². The van der Waals surface area contributed by atoms with Crippen LogP contribution in [0.1, 0.15) is 45.2 Å². The fourth-order valence-electron chi connectivity index (χ4n) is 1.69. The standard InChI is InChI=1S/C14H23N3O/c1-11(2)16-8-4-5-14(18)17-12(3)13-6-9-15-10-7-13/h6-7,9-12,16H,4-5,8H2,1-3H3,(H,17,18)/t12-/m0/s1. The Morgan fingerprint density at radius 2 is 1.94 bits per heavy atom. The third-order valence-electron chi connectivity index (χ3n) is 2.72. The molecule has 0 aliphatic rings. The van der Waals surface area contributed by atoms with Crippen LogP contribution in [0.15, 0.2) is 24.5 Å². The fourth-order valence-corrected chi connectivity index (χ4v) is 1.69. The maximum atomic E-state index is 11.7. The minimum Gasteiger partial charge on any atom is -0.350 e. The number of carbonyl (C=O) groups excluding carboxylic acids is 1. The number of nitrogens with one attached hydrogen (secondary N) is 2. The molecule has 0 spiro atoms. The molecule has 2 N–H and O–H groups in total. The Bertz CT molecular complexity index is 351. The van der Waals surface area contributed by atoms with Crippen molar-refractivity contribution < 1.29 is 4.79 Å². The van der Waals surface area contributed by atoms with E-state index in [-0.39, 0.29) is 11.9 Å². The van der Waals surface area contributed by atoms with Crippen LogP contribution in [-0.2, 0) is 4.79 Å². The van der Waals surface area contributed by atoms with Gasteiger partial charge in [0.25, 0.3) is 0 Å². The van der Waals surface area contributed by atoms with E-state index in [1.165, 1.54) is 0 Å². The zero-order valence-corrected chi connectivity index (χ0v) is 11.4. The predicted octanol–water partition coefficient (Wildman–Crippen LogP) is 2.04. The average Bonchev–Trinajstić information content (AvgIpc) is 2.35. The molecular formula is C14H23N3O. The number of amides is 1. The molecule has 1 heterocycles. The lowest BCUT2D eigenvalue weighted by Gasteiger charge is -2.14. The number of pyridine rings is 1. The molecular weight excluding hydrogens is 226 g/mol. The molecule has 1 rings (SSSR count). The second kappa shape index (κ2) is 7.82. The largest absolute Gasteiger partial charge is 0.350 e. The second-order valence-electron chi connectivity index (χ2n) is 4.78. The Morgan fingerprint density at radius 3 is 2.56 bits per heavy atom. The summed E-state index contributed by atoms with van der Waals surface area (Å²) in [4.78, 5) is 15.7. The van der Waals surface area contributed by atoms with Gasteiger partial charge in [0.1, 0.15) is 0 Å². The number of hydrogen-bond acceptors (Lipinski definition) is 3. The topological polar surface area (TPSA) is 54.0 Å². The van der Waals surface area contributed by atoms with Gasteiger partial charge in [0.15, 0.2) is 0 Å². The molecule has 0 saturated carbocycles. The van der Waals surface area contributed by atoms with Crippen LogP contribution in [0, 0.1) is 0 Å². The number of aromatic nitrogens is 1. The van der Waals surface area contributed by atoms with Gasteiger partial charge in [-0.15, -0.1) is 0 Å². The molecule has 0 unspecified atom stereocenters. The van der Waals surface area contributed by atoms with Crippen molar-refractivity contribution in [3.8, 4) is 0 Å². The molecule has 0 saturated heterocycles. The summed E-state index contributed by atoms with van der Waals surface area (Å²) >= 11 is 0. The van der Waals surface area contributed by atoms with Crippen LogP contribution in [0.4, 0.5) is 0 Å². The van der Waals surface area contributed by atoms with E-state index in [0.717, 1.165) is 18.5 Å². The number of nitrogens with zero attached hydrogens (tertiary/aromatic N) is 1. The molecule has 1 aromatic heterocycles. The van der Waals surface area contributed by atoms with E-state index in [4.69, 9.17) is 0 Å². The summed E-state index contributed by atoms with van der Waals surface area (Å²) in [5.41, 5.74) is 1.08. The van der Waals surface area contributed by atoms with Crippen molar-refractivity contribution in [3.05, 3.63) is 30.1 Å². The monoisotopic (exact) mass is 249 g/mol. The summed E-state index contributed by atoms with van der Waals surface area (Å²) in [5.74, 6) is 0.102. The highest BCUT2D eigenvalue weighted by atomic mass is 16.1. The first kappa shape index (κ1) is 14.6. The molecule has 4 nitrogen and oxygen atoms in total. The van der Waals surface area contributed by atoms with E-state index in [9.17, 15) is 4.79 Å². The maximum absolute atomic E-state index is 11.7. The molecule has 0 bridgehead atoms. The van der Waals surface area contributed by atoms with E-state index in [1.54, 1.807) is 12.4 Å². The van der Waals surface area contributed by atoms with Gasteiger partial charge in [0, 0.05) is 24.9 Å². The van der Waals surface area contributed by atoms with Gasteiger partial charge in [-0.1, -0.05) is 13.8 Å². The number of carbonyl (C=O) groups is 1. The lowest BCUT2D eigenvalue weighted by molar-refractivity contribution is -0.121. The molecule has 0 aliphatic carbocycles. The van der Waals surface area contributed by atoms with Crippen LogP contribution < -0.4 is 10.6 Å². The Balaban J connectivity index is 2.24. The second-order valence-corrected chi connectivity index (χ2v) is 4.78. The smallest absolute Gasteiger partial charge is 0.220 e. The highest BCUT2D eigenvalue weighted by Gasteiger charge is 2.08. The summed E-state index contributed by atoms with van der Waals surface area (Å²) in [6.45, 7) is 7.07. The van der Waals surface area contributed by atoms with Crippen molar-refractivity contribution in [2.75, 3.05) is 6.54 Å². The minimum atomic E-state index is 0.0403. The molecule has 18 heavy (non-hydrogen) atoms. The zero-order valence-electron chi connectivity index (χ0n) is 11.4. The Morgan fingerprint density at radius 1 is 1.28 bits per heavy atom. The lowest BCUT2D eigenvalue weighted by atomic mass is 10.1. The minimum absolute atomic E-state index is 0.0403. The number of hydrogen-bond donors (Lipinski definition) is 2. The molecule has 0 radical (unpaired) electrons. The van der Waals surface area contributed by atoms with Crippen molar-refractivity contribution in [2.24, 2.45) is 0 Å². The third kappa shape index (κ3) is 5.77. The molecule has 100 valence electrons. The van der Waals surface area contributed by atoms with E-state index in [0.29, 0.717) is 12.5 Å². The average molecular weight is 249 g/mol. The van der Waals surface area contributed by atoms with E-state index >= 15 is 0 Å². The molecule has 1 amide bonds. The third-order valence-corrected chi connectivity index (χ3v) is 2.72. The Kier molecular flexibility index (Phi) is 6.36. The van der Waals surface area contributed by atoms with E-state index in [2.05, 4.69) is 29.5 Å². The van der Waals surface area contributed by atoms with Gasteiger partial charge in [-0.3, -0.25) is 9.78 Å². The van der Waals surface area contributed by atoms with Crippen molar-refractivity contribution in [2.45, 2.75) is 45.7 Å². The van der Waals surface area contributed by atoms with E-state index in [1.807, 2.05) is 19.1 Å². The van der Waals surface area contributed by atoms with Gasteiger partial charge in [-0.2, -0.15) is 0 Å². The van der Waals surface area contributed by atoms with Crippen LogP contribution in [0.5, 0.6) is 0 Å². The van der Waals surface area contributed by atoms with Crippen molar-refractivity contribution in [3.63, 3.8) is 0 Å². The molecule has 1 aromatic rings. The molecule has 0 fully saturated rings. The fraction of sp³-hybridized carbons (Fsp3) is 0.571. The highest BCUT2D eigenvalue weighted by Crippen LogP contribution is 2.10. The summed E-state index contributed by atoms with van der Waals surface area (Å²) in [6, 6.07) is 4.36. The van der Waals surface area contributed by atoms with Gasteiger partial charge in [0.2, 0.25) is 5.91 Å². The first-order valence-corrected chi connectivity index (χ1v) is 6.52. The van der Waals surface area contributed by atoms with Gasteiger partial charge < -0.3 is 10.6 Å². The van der Waals surface area contributed by atoms with Gasteiger partial charge in [0.05, 0.1) is 6.04 Å². The molecule has 0 aliphatic heterocycles. The van der Waals surface area contributed by atoms with Crippen LogP contribution in [-0.4, -0.2) is 23.5 Å². The summed E-state index contributed by atoms with van der Waals surface area (Å²) in [5, 5.41) is 6.29. The zero-order chi connectivity index (χ0) is 13.4. The van der Waals surface area contributed by atoms with Gasteiger partial charge in [-0.05, 0) is 37.6 Å². The quantitative estimate of drug-likeness (QED) is 0.727. The van der Waals surface area contributed by atoms with Crippen LogP contribution in [0.25, 0.3) is 0 Å². The van der Waals surface area contributed by atoms with Gasteiger partial charge >= 0.3 is 0 Å². The lowest BCUT2D eigenvalue weighted by Crippen LogP contribution is -2.28. The van der Waals surface area contributed by atoms with E-state index < -0.39 is 0 Å². The van der Waals surface area contributed by atoms with Crippen molar-refractivity contribution in [1.82, 2.24) is 15.6 Å². The van der Waals surface area contributed by atoms with Crippen LogP contribution in [0.2, 0.25) is 0 Å². The van der Waals surface area contributed by atoms with Crippen molar-refractivity contribution >= 4 is 5.91 Å². The molecule has 4 heteroatoms. The highest BCUT2D eigenvalue weighted by molar-refractivity contribution is 5.76. The summed E-state index contributed by atoms with van der Waals surface area (Å²) in [6.07, 6.45) is 4.91. The van der Waals surface area contributed by atoms with Gasteiger partial charge in [-0.25, -0.2) is 0 Å². The SMILES string of the molecule is CC(C)NCCCC(=O)N[C@@H](C)c1ccncc1. The van der Waals surface area contributed by atoms with Crippen LogP contribution in [0.3, 0.4) is 0 Å². The molecule has 0 aromatic carbocycles. The summed E-state index contributed by atoms with van der Waals surface area (Å²) < 4.78 is 0.